The van der Waals surface area contributed by atoms with E-state index in [1.165, 1.54) is 12.4 Å². The van der Waals surface area contributed by atoms with Crippen LogP contribution in [0, 0.1) is 0 Å². The Bertz CT molecular complexity index is 1130. The first-order chi connectivity index (χ1) is 14.4. The van der Waals surface area contributed by atoms with Crippen LogP contribution in [0.2, 0.25) is 5.15 Å². The quantitative estimate of drug-likeness (QED) is 0.360. The molecule has 4 nitrogen and oxygen atoms in total. The molecule has 0 spiro atoms. The monoisotopic (exact) mass is 433 g/mol. The molecular weight excluding hydrogens is 415 g/mol. The Morgan fingerprint density at radius 1 is 1.03 bits per heavy atom. The Hall–Kier alpha value is -3.06. The minimum absolute atomic E-state index is 0.0592. The molecule has 30 heavy (non-hydrogen) atoms. The number of rotatable bonds is 4. The van der Waals surface area contributed by atoms with Crippen molar-refractivity contribution in [2.45, 2.75) is 26.6 Å². The van der Waals surface area contributed by atoms with Crippen LogP contribution in [0.5, 0.6) is 5.75 Å². The van der Waals surface area contributed by atoms with Crippen LogP contribution in [0.3, 0.4) is 0 Å². The second kappa shape index (κ2) is 9.17. The Labute approximate surface area is 176 Å². The summed E-state index contributed by atoms with van der Waals surface area (Å²) in [4.78, 5) is 7.70. The van der Waals surface area contributed by atoms with E-state index in [4.69, 9.17) is 16.3 Å². The van der Waals surface area contributed by atoms with E-state index in [-0.39, 0.29) is 16.4 Å². The number of imidazole rings is 1. The molecule has 2 aromatic carbocycles. The maximum atomic E-state index is 13.4. The van der Waals surface area contributed by atoms with E-state index in [0.29, 0.717) is 17.9 Å². The van der Waals surface area contributed by atoms with Gasteiger partial charge in [0.15, 0.2) is 5.15 Å². The topological polar surface area (TPSA) is 39.4 Å². The number of nitrogens with zero attached hydrogens (tertiary/aromatic N) is 3. The number of benzene rings is 2. The molecule has 0 saturated carbocycles. The van der Waals surface area contributed by atoms with Gasteiger partial charge in [0, 0.05) is 18.0 Å². The average Bonchev–Trinajstić information content (AvgIpc) is 3.16. The summed E-state index contributed by atoms with van der Waals surface area (Å²) in [6, 6.07) is 16.3. The van der Waals surface area contributed by atoms with Crippen LogP contribution in [-0.2, 0) is 12.8 Å². The summed E-state index contributed by atoms with van der Waals surface area (Å²) in [5.74, 6) is -0.548. The normalized spacial score (nSPS) is 11.1. The van der Waals surface area contributed by atoms with Gasteiger partial charge in [0.25, 0.3) is 0 Å². The lowest BCUT2D eigenvalue weighted by molar-refractivity contribution is -0.145. The molecule has 0 amide bonds. The number of fused-ring (bicyclic) bond motifs is 1. The third-order valence-electron chi connectivity index (χ3n) is 4.12. The number of hydrogen-bond acceptors (Lipinski definition) is 3. The lowest BCUT2D eigenvalue weighted by Gasteiger charge is -2.08. The van der Waals surface area contributed by atoms with E-state index in [2.05, 4.69) is 9.97 Å². The summed E-state index contributed by atoms with van der Waals surface area (Å²) in [5.41, 5.74) is 1.62. The third kappa shape index (κ3) is 4.57. The third-order valence-corrected chi connectivity index (χ3v) is 4.40. The fourth-order valence-corrected chi connectivity index (χ4v) is 3.11. The van der Waals surface area contributed by atoms with Crippen LogP contribution in [0.15, 0.2) is 67.0 Å². The largest absolute Gasteiger partial charge is 0.489 e. The van der Waals surface area contributed by atoms with Crippen molar-refractivity contribution < 1.29 is 17.9 Å². The number of alkyl halides is 3. The van der Waals surface area contributed by atoms with Crippen LogP contribution >= 0.6 is 11.6 Å². The molecule has 0 fully saturated rings. The van der Waals surface area contributed by atoms with E-state index in [1.54, 1.807) is 24.3 Å². The van der Waals surface area contributed by atoms with Gasteiger partial charge >= 0.3 is 6.18 Å². The zero-order valence-corrected chi connectivity index (χ0v) is 17.1. The van der Waals surface area contributed by atoms with Crippen LogP contribution in [0.25, 0.3) is 16.8 Å². The highest BCUT2D eigenvalue weighted by molar-refractivity contribution is 6.33. The Morgan fingerprint density at radius 3 is 2.47 bits per heavy atom. The second-order valence-electron chi connectivity index (χ2n) is 6.02. The first-order valence-electron chi connectivity index (χ1n) is 9.30. The van der Waals surface area contributed by atoms with Gasteiger partial charge in [0.05, 0.1) is 0 Å². The maximum Gasteiger partial charge on any atom is 0.450 e. The van der Waals surface area contributed by atoms with Crippen molar-refractivity contribution in [2.24, 2.45) is 0 Å². The minimum atomic E-state index is -4.63. The first kappa shape index (κ1) is 21.6. The minimum Gasteiger partial charge on any atom is -0.489 e. The zero-order chi connectivity index (χ0) is 21.7. The van der Waals surface area contributed by atoms with Gasteiger partial charge in [-0.1, -0.05) is 67.9 Å². The molecule has 0 bridgehead atoms. The Kier molecular flexibility index (Phi) is 6.62. The van der Waals surface area contributed by atoms with Crippen LogP contribution in [0.1, 0.15) is 25.2 Å². The number of aromatic nitrogens is 3. The fraction of sp³-hybridized carbons (Fsp3) is 0.182. The summed E-state index contributed by atoms with van der Waals surface area (Å²) in [7, 11) is 0. The molecule has 8 heteroatoms. The predicted octanol–water partition coefficient (Wildman–Crippen LogP) is 6.67. The molecule has 4 aromatic rings. The fourth-order valence-electron chi connectivity index (χ4n) is 2.88. The highest BCUT2D eigenvalue weighted by Crippen LogP contribution is 2.36. The van der Waals surface area contributed by atoms with Crippen LogP contribution in [0.4, 0.5) is 13.2 Å². The van der Waals surface area contributed by atoms with Crippen molar-refractivity contribution in [2.75, 3.05) is 0 Å². The van der Waals surface area contributed by atoms with Crippen molar-refractivity contribution in [1.29, 1.82) is 0 Å². The van der Waals surface area contributed by atoms with Gasteiger partial charge < -0.3 is 4.74 Å². The van der Waals surface area contributed by atoms with Crippen molar-refractivity contribution >= 4 is 17.1 Å². The molecule has 2 aromatic heterocycles. The Balaban J connectivity index is 0.00000124. The van der Waals surface area contributed by atoms with E-state index < -0.39 is 12.0 Å². The smallest absolute Gasteiger partial charge is 0.450 e. The Morgan fingerprint density at radius 2 is 1.77 bits per heavy atom. The number of hydrogen-bond donors (Lipinski definition) is 0. The highest BCUT2D eigenvalue weighted by atomic mass is 35.5. The van der Waals surface area contributed by atoms with E-state index in [0.717, 1.165) is 9.96 Å². The first-order valence-corrected chi connectivity index (χ1v) is 9.68. The molecule has 2 heterocycles. The van der Waals surface area contributed by atoms with Gasteiger partial charge in [-0.25, -0.2) is 9.97 Å². The van der Waals surface area contributed by atoms with Gasteiger partial charge in [-0.2, -0.15) is 13.2 Å². The molecular formula is C22H19ClF3N3O. The molecule has 0 aliphatic carbocycles. The van der Waals surface area contributed by atoms with Crippen molar-refractivity contribution in [1.82, 2.24) is 14.4 Å². The van der Waals surface area contributed by atoms with Crippen molar-refractivity contribution in [3.63, 3.8) is 0 Å². The number of ether oxygens (including phenoxy) is 1. The predicted molar refractivity (Wildman–Crippen MR) is 111 cm³/mol. The van der Waals surface area contributed by atoms with Gasteiger partial charge in [-0.15, -0.1) is 0 Å². The van der Waals surface area contributed by atoms with E-state index >= 15 is 0 Å². The molecule has 0 atom stereocenters. The molecule has 0 saturated heterocycles. The van der Waals surface area contributed by atoms with E-state index in [1.807, 2.05) is 44.2 Å². The summed E-state index contributed by atoms with van der Waals surface area (Å²) >= 11 is 6.09. The van der Waals surface area contributed by atoms with Crippen molar-refractivity contribution in [3.8, 4) is 17.0 Å². The van der Waals surface area contributed by atoms with Crippen molar-refractivity contribution in [3.05, 3.63) is 83.5 Å². The lowest BCUT2D eigenvalue weighted by Crippen LogP contribution is -2.10. The van der Waals surface area contributed by atoms with Gasteiger partial charge in [-0.3, -0.25) is 4.40 Å². The molecule has 0 aliphatic heterocycles. The summed E-state index contributed by atoms with van der Waals surface area (Å²) in [5, 5.41) is -0.0592. The lowest BCUT2D eigenvalue weighted by atomic mass is 10.1. The van der Waals surface area contributed by atoms with Crippen LogP contribution < -0.4 is 4.74 Å². The summed E-state index contributed by atoms with van der Waals surface area (Å²) in [6.07, 6.45) is -2.24. The second-order valence-corrected chi connectivity index (χ2v) is 6.38. The molecule has 156 valence electrons. The standard InChI is InChI=1S/C20H13ClF3N3O.C2H6/c21-18-17-16(26-19(20(22,23)24)27(17)10-9-25-18)14-7-4-8-15(11-14)28-12-13-5-2-1-3-6-13;1-2/h1-11H,12H2;1-2H3. The molecule has 0 N–H and O–H groups in total. The average molecular weight is 434 g/mol. The highest BCUT2D eigenvalue weighted by Gasteiger charge is 2.38. The molecule has 0 aliphatic rings. The molecule has 4 rings (SSSR count). The van der Waals surface area contributed by atoms with E-state index in [9.17, 15) is 13.2 Å². The number of halogens is 4. The zero-order valence-electron chi connectivity index (χ0n) is 16.3. The SMILES string of the molecule is CC.FC(F)(F)c1nc(-c2cccc(OCc3ccccc3)c2)c2c(Cl)nccn12. The van der Waals surface area contributed by atoms with Gasteiger partial charge in [0.2, 0.25) is 5.82 Å². The molecule has 0 unspecified atom stereocenters. The van der Waals surface area contributed by atoms with Gasteiger partial charge in [-0.05, 0) is 17.7 Å². The summed E-state index contributed by atoms with van der Waals surface area (Å²) < 4.78 is 46.9. The maximum absolute atomic E-state index is 13.4. The van der Waals surface area contributed by atoms with Gasteiger partial charge in [0.1, 0.15) is 23.6 Å². The summed E-state index contributed by atoms with van der Waals surface area (Å²) in [6.45, 7) is 4.34. The molecule has 0 radical (unpaired) electrons. The van der Waals surface area contributed by atoms with Crippen LogP contribution in [-0.4, -0.2) is 14.4 Å².